The van der Waals surface area contributed by atoms with Crippen LogP contribution in [0.4, 0.5) is 0 Å². The monoisotopic (exact) mass is 309 g/mol. The normalized spacial score (nSPS) is 26.9. The molecule has 0 saturated carbocycles. The van der Waals surface area contributed by atoms with Crippen molar-refractivity contribution >= 4 is 0 Å². The Labute approximate surface area is 141 Å². The molecule has 1 heterocycles. The van der Waals surface area contributed by atoms with Gasteiger partial charge in [-0.2, -0.15) is 0 Å². The molecule has 0 aliphatic carbocycles. The lowest BCUT2D eigenvalue weighted by Crippen LogP contribution is -2.52. The third kappa shape index (κ3) is 4.98. The highest BCUT2D eigenvalue weighted by atomic mass is 15.2. The van der Waals surface area contributed by atoms with Crippen molar-refractivity contribution in [1.82, 2.24) is 4.90 Å². The first-order valence-electron chi connectivity index (χ1n) is 9.98. The summed E-state index contributed by atoms with van der Waals surface area (Å²) in [5, 5.41) is 0. The van der Waals surface area contributed by atoms with Crippen LogP contribution < -0.4 is 0 Å². The number of unbranched alkanes of at least 4 members (excludes halogenated alkanes) is 1. The molecule has 3 unspecified atom stereocenters. The number of piperidine rings is 1. The number of likely N-dealkylation sites (tertiary alicyclic amines) is 1. The molecule has 1 heteroatoms. The molecule has 0 radical (unpaired) electrons. The van der Waals surface area contributed by atoms with E-state index in [1.54, 1.807) is 0 Å². The molecular formula is C21H43N. The summed E-state index contributed by atoms with van der Waals surface area (Å²) in [6.45, 7) is 22.0. The van der Waals surface area contributed by atoms with Crippen molar-refractivity contribution < 1.29 is 0 Å². The Morgan fingerprint density at radius 1 is 1.09 bits per heavy atom. The van der Waals surface area contributed by atoms with Gasteiger partial charge >= 0.3 is 0 Å². The maximum Gasteiger partial charge on any atom is 0.00952 e. The van der Waals surface area contributed by atoms with E-state index in [4.69, 9.17) is 0 Å². The molecule has 1 nitrogen and oxygen atoms in total. The van der Waals surface area contributed by atoms with E-state index in [1.165, 1.54) is 45.2 Å². The molecule has 22 heavy (non-hydrogen) atoms. The van der Waals surface area contributed by atoms with E-state index in [-0.39, 0.29) is 0 Å². The molecule has 0 aromatic rings. The average molecular weight is 310 g/mol. The number of hydrogen-bond donors (Lipinski definition) is 0. The summed E-state index contributed by atoms with van der Waals surface area (Å²) in [6.07, 6.45) is 6.98. The largest absolute Gasteiger partial charge is 0.300 e. The van der Waals surface area contributed by atoms with Crippen molar-refractivity contribution in [3.63, 3.8) is 0 Å². The highest BCUT2D eigenvalue weighted by molar-refractivity contribution is 4.92. The van der Waals surface area contributed by atoms with Gasteiger partial charge in [-0.15, -0.1) is 0 Å². The fourth-order valence-corrected chi connectivity index (χ4v) is 4.68. The lowest BCUT2D eigenvalue weighted by atomic mass is 9.65. The Bertz CT molecular complexity index is 307. The zero-order valence-electron chi connectivity index (χ0n) is 16.8. The van der Waals surface area contributed by atoms with Gasteiger partial charge in [0.2, 0.25) is 0 Å². The molecule has 4 atom stereocenters. The Morgan fingerprint density at radius 3 is 2.18 bits per heavy atom. The second-order valence-electron chi connectivity index (χ2n) is 9.01. The molecule has 1 fully saturated rings. The van der Waals surface area contributed by atoms with Crippen LogP contribution >= 0.6 is 0 Å². The molecule has 132 valence electrons. The number of nitrogens with zero attached hydrogens (tertiary/aromatic N) is 1. The van der Waals surface area contributed by atoms with Crippen molar-refractivity contribution in [2.45, 2.75) is 93.5 Å². The standard InChI is InChI=1S/C21H43N/c1-9-11-12-19(10-2)20-13-14-22(15-21(20,7)8)18(6)17(5)16(3)4/h16-20H,9-15H2,1-8H3/t17-,18?,19?,20?/m1/s1. The van der Waals surface area contributed by atoms with Crippen LogP contribution in [0.25, 0.3) is 0 Å². The summed E-state index contributed by atoms with van der Waals surface area (Å²) in [5.74, 6) is 3.43. The molecule has 0 aromatic carbocycles. The van der Waals surface area contributed by atoms with Crippen LogP contribution in [0, 0.1) is 29.1 Å². The quantitative estimate of drug-likeness (QED) is 0.513. The predicted molar refractivity (Wildman–Crippen MR) is 100 cm³/mol. The van der Waals surface area contributed by atoms with Gasteiger partial charge in [0, 0.05) is 12.6 Å². The second kappa shape index (κ2) is 8.71. The van der Waals surface area contributed by atoms with Gasteiger partial charge in [0.05, 0.1) is 0 Å². The predicted octanol–water partition coefficient (Wildman–Crippen LogP) is 6.23. The van der Waals surface area contributed by atoms with Crippen molar-refractivity contribution in [2.24, 2.45) is 29.1 Å². The van der Waals surface area contributed by atoms with Gasteiger partial charge in [-0.25, -0.2) is 0 Å². The zero-order valence-corrected chi connectivity index (χ0v) is 16.8. The molecular weight excluding hydrogens is 266 g/mol. The topological polar surface area (TPSA) is 3.24 Å². The molecule has 0 aromatic heterocycles. The third-order valence-electron chi connectivity index (χ3n) is 6.75. The molecule has 1 aliphatic rings. The molecule has 1 saturated heterocycles. The van der Waals surface area contributed by atoms with E-state index >= 15 is 0 Å². The highest BCUT2D eigenvalue weighted by Crippen LogP contribution is 2.43. The molecule has 1 rings (SSSR count). The van der Waals surface area contributed by atoms with Crippen LogP contribution in [0.5, 0.6) is 0 Å². The van der Waals surface area contributed by atoms with E-state index in [9.17, 15) is 0 Å². The maximum atomic E-state index is 2.79. The van der Waals surface area contributed by atoms with Crippen molar-refractivity contribution in [3.05, 3.63) is 0 Å². The molecule has 1 aliphatic heterocycles. The van der Waals surface area contributed by atoms with Crippen molar-refractivity contribution in [3.8, 4) is 0 Å². The van der Waals surface area contributed by atoms with Crippen molar-refractivity contribution in [1.29, 1.82) is 0 Å². The van der Waals surface area contributed by atoms with Crippen LogP contribution in [0.2, 0.25) is 0 Å². The van der Waals surface area contributed by atoms with Gasteiger partial charge in [0.25, 0.3) is 0 Å². The summed E-state index contributed by atoms with van der Waals surface area (Å²) in [5.41, 5.74) is 0.470. The van der Waals surface area contributed by atoms with E-state index in [0.29, 0.717) is 5.41 Å². The number of hydrogen-bond acceptors (Lipinski definition) is 1. The first-order chi connectivity index (χ1) is 10.2. The van der Waals surface area contributed by atoms with Gasteiger partial charge in [-0.1, -0.05) is 74.1 Å². The van der Waals surface area contributed by atoms with E-state index in [1.807, 2.05) is 0 Å². The Morgan fingerprint density at radius 2 is 1.73 bits per heavy atom. The summed E-state index contributed by atoms with van der Waals surface area (Å²) in [6, 6.07) is 0.718. The summed E-state index contributed by atoms with van der Waals surface area (Å²) >= 11 is 0. The fourth-order valence-electron chi connectivity index (χ4n) is 4.68. The summed E-state index contributed by atoms with van der Waals surface area (Å²) in [7, 11) is 0. The highest BCUT2D eigenvalue weighted by Gasteiger charge is 2.41. The van der Waals surface area contributed by atoms with Crippen LogP contribution in [0.3, 0.4) is 0 Å². The Kier molecular flexibility index (Phi) is 7.92. The summed E-state index contributed by atoms with van der Waals surface area (Å²) < 4.78 is 0. The molecule has 0 bridgehead atoms. The second-order valence-corrected chi connectivity index (χ2v) is 9.01. The van der Waals surface area contributed by atoms with E-state index in [0.717, 1.165) is 29.7 Å². The first kappa shape index (κ1) is 20.0. The maximum absolute atomic E-state index is 2.79. The van der Waals surface area contributed by atoms with Gasteiger partial charge < -0.3 is 0 Å². The van der Waals surface area contributed by atoms with E-state index < -0.39 is 0 Å². The van der Waals surface area contributed by atoms with Crippen molar-refractivity contribution in [2.75, 3.05) is 13.1 Å². The zero-order chi connectivity index (χ0) is 16.9. The molecule has 0 spiro atoms. The Balaban J connectivity index is 2.71. The average Bonchev–Trinajstić information content (AvgIpc) is 2.46. The smallest absolute Gasteiger partial charge is 0.00952 e. The minimum Gasteiger partial charge on any atom is -0.300 e. The lowest BCUT2D eigenvalue weighted by molar-refractivity contribution is -0.0147. The first-order valence-corrected chi connectivity index (χ1v) is 9.98. The van der Waals surface area contributed by atoms with Crippen LogP contribution in [-0.4, -0.2) is 24.0 Å². The van der Waals surface area contributed by atoms with Gasteiger partial charge in [-0.05, 0) is 49.0 Å². The van der Waals surface area contributed by atoms with Gasteiger partial charge in [0.1, 0.15) is 0 Å². The molecule has 0 N–H and O–H groups in total. The van der Waals surface area contributed by atoms with E-state index in [2.05, 4.69) is 60.3 Å². The van der Waals surface area contributed by atoms with Crippen LogP contribution in [0.15, 0.2) is 0 Å². The number of rotatable bonds is 8. The van der Waals surface area contributed by atoms with Gasteiger partial charge in [0.15, 0.2) is 0 Å². The molecule has 0 amide bonds. The minimum atomic E-state index is 0.470. The SMILES string of the molecule is CCCCC(CC)C1CCN(C(C)[C@H](C)C(C)C)CC1(C)C. The van der Waals surface area contributed by atoms with Crippen LogP contribution in [-0.2, 0) is 0 Å². The Hall–Kier alpha value is -0.0400. The van der Waals surface area contributed by atoms with Gasteiger partial charge in [-0.3, -0.25) is 4.90 Å². The lowest BCUT2D eigenvalue weighted by Gasteiger charge is -2.50. The third-order valence-corrected chi connectivity index (χ3v) is 6.75. The summed E-state index contributed by atoms with van der Waals surface area (Å²) in [4.78, 5) is 2.79. The minimum absolute atomic E-state index is 0.470. The fraction of sp³-hybridized carbons (Fsp3) is 1.00. The van der Waals surface area contributed by atoms with Crippen LogP contribution in [0.1, 0.15) is 87.5 Å².